The van der Waals surface area contributed by atoms with Gasteiger partial charge in [-0.1, -0.05) is 26.7 Å². The molecule has 19 heavy (non-hydrogen) atoms. The minimum absolute atomic E-state index is 0.00379. The molecule has 1 saturated carbocycles. The van der Waals surface area contributed by atoms with Crippen molar-refractivity contribution >= 4 is 11.8 Å². The van der Waals surface area contributed by atoms with E-state index in [0.717, 1.165) is 25.3 Å². The first-order chi connectivity index (χ1) is 9.02. The van der Waals surface area contributed by atoms with Crippen LogP contribution in [0, 0.1) is 11.8 Å². The lowest BCUT2D eigenvalue weighted by Crippen LogP contribution is -2.62. The van der Waals surface area contributed by atoms with E-state index in [9.17, 15) is 9.59 Å². The molecule has 0 aromatic heterocycles. The summed E-state index contributed by atoms with van der Waals surface area (Å²) in [7, 11) is 0. The SMILES string of the molecule is CCCC1NC(=O)C(C)N(CC2CCC(C)C2)C1=O. The molecule has 0 spiro atoms. The molecule has 2 amide bonds. The summed E-state index contributed by atoms with van der Waals surface area (Å²) in [6.07, 6.45) is 5.30. The summed E-state index contributed by atoms with van der Waals surface area (Å²) in [4.78, 5) is 26.2. The fraction of sp³-hybridized carbons (Fsp3) is 0.867. The van der Waals surface area contributed by atoms with E-state index in [-0.39, 0.29) is 23.9 Å². The third-order valence-corrected chi connectivity index (χ3v) is 4.58. The number of carbonyl (C=O) groups is 2. The molecular weight excluding hydrogens is 240 g/mol. The maximum absolute atomic E-state index is 12.5. The summed E-state index contributed by atoms with van der Waals surface area (Å²) in [5, 5.41) is 2.85. The van der Waals surface area contributed by atoms with Crippen molar-refractivity contribution in [2.75, 3.05) is 6.54 Å². The van der Waals surface area contributed by atoms with Crippen molar-refractivity contribution in [2.24, 2.45) is 11.8 Å². The predicted molar refractivity (Wildman–Crippen MR) is 74.5 cm³/mol. The van der Waals surface area contributed by atoms with Crippen LogP contribution in [0.4, 0.5) is 0 Å². The highest BCUT2D eigenvalue weighted by Crippen LogP contribution is 2.31. The summed E-state index contributed by atoms with van der Waals surface area (Å²) >= 11 is 0. The number of hydrogen-bond donors (Lipinski definition) is 1. The molecule has 2 rings (SSSR count). The summed E-state index contributed by atoms with van der Waals surface area (Å²) in [5.74, 6) is 1.47. The molecular formula is C15H26N2O2. The van der Waals surface area contributed by atoms with E-state index in [1.807, 2.05) is 18.7 Å². The lowest BCUT2D eigenvalue weighted by Gasteiger charge is -2.38. The molecule has 0 bridgehead atoms. The number of carbonyl (C=O) groups excluding carboxylic acids is 2. The molecule has 108 valence electrons. The lowest BCUT2D eigenvalue weighted by molar-refractivity contribution is -0.149. The lowest BCUT2D eigenvalue weighted by atomic mass is 10.00. The van der Waals surface area contributed by atoms with E-state index < -0.39 is 0 Å². The third-order valence-electron chi connectivity index (χ3n) is 4.58. The molecule has 0 aromatic rings. The highest BCUT2D eigenvalue weighted by Gasteiger charge is 2.39. The standard InChI is InChI=1S/C15H26N2O2/c1-4-5-13-15(19)17(11(3)14(18)16-13)9-12-7-6-10(2)8-12/h10-13H,4-9H2,1-3H3,(H,16,18). The Morgan fingerprint density at radius 1 is 1.26 bits per heavy atom. The van der Waals surface area contributed by atoms with Crippen molar-refractivity contribution in [2.45, 2.75) is 65.0 Å². The van der Waals surface area contributed by atoms with Gasteiger partial charge in [-0.15, -0.1) is 0 Å². The molecule has 4 nitrogen and oxygen atoms in total. The van der Waals surface area contributed by atoms with Crippen LogP contribution in [0.5, 0.6) is 0 Å². The van der Waals surface area contributed by atoms with Gasteiger partial charge in [-0.25, -0.2) is 0 Å². The second kappa shape index (κ2) is 5.93. The molecule has 0 aromatic carbocycles. The molecule has 1 saturated heterocycles. The molecule has 2 aliphatic rings. The van der Waals surface area contributed by atoms with E-state index in [4.69, 9.17) is 0 Å². The summed E-state index contributed by atoms with van der Waals surface area (Å²) < 4.78 is 0. The predicted octanol–water partition coefficient (Wildman–Crippen LogP) is 1.94. The largest absolute Gasteiger partial charge is 0.343 e. The van der Waals surface area contributed by atoms with Gasteiger partial charge < -0.3 is 10.2 Å². The number of rotatable bonds is 4. The van der Waals surface area contributed by atoms with Gasteiger partial charge >= 0.3 is 0 Å². The molecule has 2 fully saturated rings. The van der Waals surface area contributed by atoms with Gasteiger partial charge in [-0.05, 0) is 38.0 Å². The Labute approximate surface area is 115 Å². The number of hydrogen-bond acceptors (Lipinski definition) is 2. The van der Waals surface area contributed by atoms with Crippen LogP contribution in [0.1, 0.15) is 52.9 Å². The van der Waals surface area contributed by atoms with Gasteiger partial charge in [-0.3, -0.25) is 9.59 Å². The molecule has 1 N–H and O–H groups in total. The zero-order valence-electron chi connectivity index (χ0n) is 12.3. The first kappa shape index (κ1) is 14.4. The van der Waals surface area contributed by atoms with Crippen molar-refractivity contribution < 1.29 is 9.59 Å². The van der Waals surface area contributed by atoms with Crippen LogP contribution in [0.3, 0.4) is 0 Å². The van der Waals surface area contributed by atoms with E-state index in [0.29, 0.717) is 5.92 Å². The second-order valence-corrected chi connectivity index (χ2v) is 6.30. The summed E-state index contributed by atoms with van der Waals surface area (Å²) in [5.41, 5.74) is 0. The van der Waals surface area contributed by atoms with E-state index in [1.54, 1.807) is 0 Å². The highest BCUT2D eigenvalue weighted by molar-refractivity contribution is 5.96. The van der Waals surface area contributed by atoms with Gasteiger partial charge in [-0.2, -0.15) is 0 Å². The molecule has 1 heterocycles. The molecule has 1 aliphatic heterocycles. The number of amides is 2. The Kier molecular flexibility index (Phi) is 4.48. The average molecular weight is 266 g/mol. The van der Waals surface area contributed by atoms with Gasteiger partial charge in [0.2, 0.25) is 11.8 Å². The van der Waals surface area contributed by atoms with Gasteiger partial charge in [0, 0.05) is 6.54 Å². The molecule has 1 aliphatic carbocycles. The monoisotopic (exact) mass is 266 g/mol. The van der Waals surface area contributed by atoms with E-state index in [1.165, 1.54) is 19.3 Å². The number of nitrogens with zero attached hydrogens (tertiary/aromatic N) is 1. The zero-order valence-corrected chi connectivity index (χ0v) is 12.3. The van der Waals surface area contributed by atoms with Crippen LogP contribution >= 0.6 is 0 Å². The van der Waals surface area contributed by atoms with Gasteiger partial charge in [0.15, 0.2) is 0 Å². The molecule has 0 radical (unpaired) electrons. The Morgan fingerprint density at radius 3 is 2.58 bits per heavy atom. The highest BCUT2D eigenvalue weighted by atomic mass is 16.2. The van der Waals surface area contributed by atoms with Crippen LogP contribution in [0.2, 0.25) is 0 Å². The minimum atomic E-state index is -0.309. The number of nitrogens with one attached hydrogen (secondary N) is 1. The van der Waals surface area contributed by atoms with Crippen LogP contribution in [0.15, 0.2) is 0 Å². The van der Waals surface area contributed by atoms with Crippen LogP contribution in [0.25, 0.3) is 0 Å². The van der Waals surface area contributed by atoms with Gasteiger partial charge in [0.1, 0.15) is 12.1 Å². The molecule has 4 heteroatoms. The molecule has 4 atom stereocenters. The minimum Gasteiger partial charge on any atom is -0.343 e. The van der Waals surface area contributed by atoms with Crippen LogP contribution in [-0.2, 0) is 9.59 Å². The average Bonchev–Trinajstić information content (AvgIpc) is 2.77. The fourth-order valence-corrected chi connectivity index (χ4v) is 3.39. The number of piperazine rings is 1. The normalized spacial score (nSPS) is 35.6. The van der Waals surface area contributed by atoms with Crippen molar-refractivity contribution in [3.05, 3.63) is 0 Å². The summed E-state index contributed by atoms with van der Waals surface area (Å²) in [6.45, 7) is 6.92. The van der Waals surface area contributed by atoms with Crippen LogP contribution < -0.4 is 5.32 Å². The quantitative estimate of drug-likeness (QED) is 0.845. The Morgan fingerprint density at radius 2 is 2.00 bits per heavy atom. The van der Waals surface area contributed by atoms with Crippen molar-refractivity contribution in [1.82, 2.24) is 10.2 Å². The molecule has 4 unspecified atom stereocenters. The topological polar surface area (TPSA) is 49.4 Å². The Bertz CT molecular complexity index is 356. The van der Waals surface area contributed by atoms with E-state index >= 15 is 0 Å². The van der Waals surface area contributed by atoms with E-state index in [2.05, 4.69) is 12.2 Å². The third kappa shape index (κ3) is 3.10. The smallest absolute Gasteiger partial charge is 0.245 e. The van der Waals surface area contributed by atoms with Gasteiger partial charge in [0.05, 0.1) is 0 Å². The van der Waals surface area contributed by atoms with Crippen molar-refractivity contribution in [3.63, 3.8) is 0 Å². The van der Waals surface area contributed by atoms with Crippen molar-refractivity contribution in [3.8, 4) is 0 Å². The maximum Gasteiger partial charge on any atom is 0.245 e. The van der Waals surface area contributed by atoms with Gasteiger partial charge in [0.25, 0.3) is 0 Å². The van der Waals surface area contributed by atoms with Crippen molar-refractivity contribution in [1.29, 1.82) is 0 Å². The second-order valence-electron chi connectivity index (χ2n) is 6.30. The Hall–Kier alpha value is -1.06. The summed E-state index contributed by atoms with van der Waals surface area (Å²) in [6, 6.07) is -0.607. The Balaban J connectivity index is 2.02. The fourth-order valence-electron chi connectivity index (χ4n) is 3.39. The maximum atomic E-state index is 12.5. The first-order valence-corrected chi connectivity index (χ1v) is 7.63. The zero-order chi connectivity index (χ0) is 14.0. The first-order valence-electron chi connectivity index (χ1n) is 7.63. The van der Waals surface area contributed by atoms with Crippen LogP contribution in [-0.4, -0.2) is 35.3 Å².